The van der Waals surface area contributed by atoms with E-state index in [2.05, 4.69) is 14.9 Å². The monoisotopic (exact) mass is 309 g/mol. The second-order valence-electron chi connectivity index (χ2n) is 4.56. The number of anilines is 1. The molecule has 0 unspecified atom stereocenters. The Kier molecular flexibility index (Phi) is 4.27. The summed E-state index contributed by atoms with van der Waals surface area (Å²) in [6, 6.07) is 3.67. The number of aromatic carboxylic acids is 1. The van der Waals surface area contributed by atoms with Gasteiger partial charge in [-0.05, 0) is 29.6 Å². The van der Waals surface area contributed by atoms with Gasteiger partial charge in [0.2, 0.25) is 0 Å². The summed E-state index contributed by atoms with van der Waals surface area (Å²) in [6.07, 6.45) is 0. The Hall–Kier alpha value is -2.35. The number of hydrogen-bond acceptors (Lipinski definition) is 5. The molecule has 0 saturated heterocycles. The zero-order chi connectivity index (χ0) is 15.6. The maximum Gasteiger partial charge on any atom is 0.340 e. The summed E-state index contributed by atoms with van der Waals surface area (Å²) in [5.74, 6) is -2.92. The number of carboxylic acids is 1. The first kappa shape index (κ1) is 15.0. The number of rotatable bonds is 4. The van der Waals surface area contributed by atoms with Crippen molar-refractivity contribution in [3.05, 3.63) is 40.2 Å². The molecule has 0 saturated carbocycles. The van der Waals surface area contributed by atoms with E-state index in [9.17, 15) is 14.0 Å². The zero-order valence-electron chi connectivity index (χ0n) is 11.3. The van der Waals surface area contributed by atoms with Gasteiger partial charge in [-0.1, -0.05) is 24.4 Å². The van der Waals surface area contributed by atoms with Gasteiger partial charge in [0.15, 0.2) is 0 Å². The van der Waals surface area contributed by atoms with Crippen LogP contribution < -0.4 is 5.32 Å². The average Bonchev–Trinajstić information content (AvgIpc) is 2.87. The lowest BCUT2D eigenvalue weighted by Crippen LogP contribution is -2.16. The second kappa shape index (κ2) is 5.96. The number of carbonyl (C=O) groups excluding carboxylic acids is 1. The van der Waals surface area contributed by atoms with Gasteiger partial charge in [0.1, 0.15) is 16.3 Å². The van der Waals surface area contributed by atoms with Crippen LogP contribution in [-0.4, -0.2) is 26.6 Å². The largest absolute Gasteiger partial charge is 0.478 e. The fourth-order valence-corrected chi connectivity index (χ4v) is 2.47. The summed E-state index contributed by atoms with van der Waals surface area (Å²) in [6.45, 7) is 3.72. The van der Waals surface area contributed by atoms with E-state index < -0.39 is 23.3 Å². The van der Waals surface area contributed by atoms with Crippen LogP contribution in [-0.2, 0) is 0 Å². The van der Waals surface area contributed by atoms with Crippen molar-refractivity contribution < 1.29 is 19.1 Å². The molecule has 110 valence electrons. The molecule has 6 nitrogen and oxygen atoms in total. The maximum atomic E-state index is 13.5. The van der Waals surface area contributed by atoms with Crippen LogP contribution in [0.15, 0.2) is 18.2 Å². The highest BCUT2D eigenvalue weighted by Gasteiger charge is 2.22. The van der Waals surface area contributed by atoms with Crippen molar-refractivity contribution in [2.24, 2.45) is 0 Å². The van der Waals surface area contributed by atoms with Gasteiger partial charge in [0, 0.05) is 0 Å². The van der Waals surface area contributed by atoms with Crippen LogP contribution in [0.2, 0.25) is 0 Å². The van der Waals surface area contributed by atoms with Gasteiger partial charge >= 0.3 is 5.97 Å². The van der Waals surface area contributed by atoms with Gasteiger partial charge in [-0.2, -0.15) is 0 Å². The van der Waals surface area contributed by atoms with Crippen molar-refractivity contribution in [1.29, 1.82) is 0 Å². The summed E-state index contributed by atoms with van der Waals surface area (Å²) in [5.41, 5.74) is -0.157. The Bertz CT molecular complexity index is 700. The Morgan fingerprint density at radius 3 is 2.71 bits per heavy atom. The highest BCUT2D eigenvalue weighted by molar-refractivity contribution is 7.08. The van der Waals surface area contributed by atoms with E-state index in [0.717, 1.165) is 17.6 Å². The molecule has 2 aromatic rings. The Morgan fingerprint density at radius 2 is 2.10 bits per heavy atom. The van der Waals surface area contributed by atoms with Crippen molar-refractivity contribution in [3.8, 4) is 0 Å². The molecule has 1 heterocycles. The van der Waals surface area contributed by atoms with Crippen LogP contribution in [0.5, 0.6) is 0 Å². The predicted molar refractivity (Wildman–Crippen MR) is 75.3 cm³/mol. The SMILES string of the molecule is CC(C)c1nnsc1C(=O)Nc1cccc(F)c1C(=O)O. The summed E-state index contributed by atoms with van der Waals surface area (Å²) in [5, 5.41) is 15.3. The molecule has 0 fully saturated rings. The molecule has 8 heteroatoms. The maximum absolute atomic E-state index is 13.5. The minimum atomic E-state index is -1.45. The van der Waals surface area contributed by atoms with Crippen molar-refractivity contribution in [1.82, 2.24) is 9.59 Å². The van der Waals surface area contributed by atoms with Gasteiger partial charge in [-0.25, -0.2) is 9.18 Å². The third-order valence-corrected chi connectivity index (χ3v) is 3.48. The molecule has 2 N–H and O–H groups in total. The molecule has 21 heavy (non-hydrogen) atoms. The minimum Gasteiger partial charge on any atom is -0.478 e. The molecule has 0 bridgehead atoms. The fourth-order valence-electron chi connectivity index (χ4n) is 1.76. The van der Waals surface area contributed by atoms with Gasteiger partial charge in [0.05, 0.1) is 11.4 Å². The van der Waals surface area contributed by atoms with Crippen LogP contribution in [0.25, 0.3) is 0 Å². The highest BCUT2D eigenvalue weighted by Crippen LogP contribution is 2.23. The third kappa shape index (κ3) is 3.05. The summed E-state index contributed by atoms with van der Waals surface area (Å²) < 4.78 is 17.3. The number of amides is 1. The first-order valence-corrected chi connectivity index (χ1v) is 6.84. The van der Waals surface area contributed by atoms with Crippen molar-refractivity contribution in [2.75, 3.05) is 5.32 Å². The van der Waals surface area contributed by atoms with Crippen molar-refractivity contribution in [3.63, 3.8) is 0 Å². The lowest BCUT2D eigenvalue weighted by molar-refractivity contribution is 0.0693. The van der Waals surface area contributed by atoms with Crippen LogP contribution in [0.4, 0.5) is 10.1 Å². The van der Waals surface area contributed by atoms with E-state index in [1.165, 1.54) is 12.1 Å². The number of nitrogens with zero attached hydrogens (tertiary/aromatic N) is 2. The number of carboxylic acid groups (broad SMARTS) is 1. The van der Waals surface area contributed by atoms with E-state index in [1.807, 2.05) is 13.8 Å². The van der Waals surface area contributed by atoms with Crippen molar-refractivity contribution >= 4 is 29.1 Å². The van der Waals surface area contributed by atoms with Crippen molar-refractivity contribution in [2.45, 2.75) is 19.8 Å². The number of carbonyl (C=O) groups is 2. The summed E-state index contributed by atoms with van der Waals surface area (Å²) in [4.78, 5) is 23.5. The van der Waals surface area contributed by atoms with E-state index in [-0.39, 0.29) is 16.5 Å². The van der Waals surface area contributed by atoms with Crippen LogP contribution >= 0.6 is 11.5 Å². The number of hydrogen-bond donors (Lipinski definition) is 2. The normalized spacial score (nSPS) is 10.7. The third-order valence-electron chi connectivity index (χ3n) is 2.74. The summed E-state index contributed by atoms with van der Waals surface area (Å²) >= 11 is 0.909. The van der Waals surface area contributed by atoms with Crippen LogP contribution in [0, 0.1) is 5.82 Å². The van der Waals surface area contributed by atoms with Gasteiger partial charge in [0.25, 0.3) is 5.91 Å². The second-order valence-corrected chi connectivity index (χ2v) is 5.32. The molecule has 0 aliphatic rings. The van der Waals surface area contributed by atoms with Gasteiger partial charge in [-0.15, -0.1) is 5.10 Å². The lowest BCUT2D eigenvalue weighted by Gasteiger charge is -2.09. The Morgan fingerprint density at radius 1 is 1.38 bits per heavy atom. The standard InChI is InChI=1S/C13H12FN3O3S/c1-6(2)10-11(21-17-16-10)12(18)15-8-5-3-4-7(14)9(8)13(19)20/h3-6H,1-2H3,(H,15,18)(H,19,20). The van der Waals surface area contributed by atoms with Gasteiger partial charge in [-0.3, -0.25) is 4.79 Å². The molecule has 0 atom stereocenters. The highest BCUT2D eigenvalue weighted by atomic mass is 32.1. The first-order chi connectivity index (χ1) is 9.91. The first-order valence-electron chi connectivity index (χ1n) is 6.07. The number of benzene rings is 1. The average molecular weight is 309 g/mol. The Balaban J connectivity index is 2.34. The number of aromatic nitrogens is 2. The molecule has 1 amide bonds. The number of halogens is 1. The van der Waals surface area contributed by atoms with Crippen LogP contribution in [0.3, 0.4) is 0 Å². The quantitative estimate of drug-likeness (QED) is 0.906. The molecular weight excluding hydrogens is 297 g/mol. The van der Waals surface area contributed by atoms with Crippen LogP contribution in [0.1, 0.15) is 45.5 Å². The molecule has 0 radical (unpaired) electrons. The molecule has 0 spiro atoms. The smallest absolute Gasteiger partial charge is 0.340 e. The van der Waals surface area contributed by atoms with E-state index in [4.69, 9.17) is 5.11 Å². The van der Waals surface area contributed by atoms with E-state index >= 15 is 0 Å². The Labute approximate surface area is 123 Å². The lowest BCUT2D eigenvalue weighted by atomic mass is 10.1. The molecular formula is C13H12FN3O3S. The molecule has 1 aromatic heterocycles. The zero-order valence-corrected chi connectivity index (χ0v) is 12.1. The van der Waals surface area contributed by atoms with E-state index in [0.29, 0.717) is 5.69 Å². The summed E-state index contributed by atoms with van der Waals surface area (Å²) in [7, 11) is 0. The molecule has 0 aliphatic heterocycles. The molecule has 1 aromatic carbocycles. The minimum absolute atomic E-state index is 0.00375. The molecule has 0 aliphatic carbocycles. The predicted octanol–water partition coefficient (Wildman–Crippen LogP) is 2.75. The van der Waals surface area contributed by atoms with Gasteiger partial charge < -0.3 is 10.4 Å². The number of nitrogens with one attached hydrogen (secondary N) is 1. The van der Waals surface area contributed by atoms with E-state index in [1.54, 1.807) is 0 Å². The fraction of sp³-hybridized carbons (Fsp3) is 0.231. The molecule has 2 rings (SSSR count). The topological polar surface area (TPSA) is 92.2 Å².